The molecule has 0 amide bonds. The highest BCUT2D eigenvalue weighted by Crippen LogP contribution is 2.31. The van der Waals surface area contributed by atoms with E-state index in [1.54, 1.807) is 12.1 Å². The maximum atomic E-state index is 13.0. The van der Waals surface area contributed by atoms with E-state index in [9.17, 15) is 21.6 Å². The summed E-state index contributed by atoms with van der Waals surface area (Å²) in [4.78, 5) is 12.4. The van der Waals surface area contributed by atoms with Gasteiger partial charge in [0.05, 0.1) is 21.2 Å². The fourth-order valence-electron chi connectivity index (χ4n) is 3.87. The molecule has 4 aromatic rings. The van der Waals surface area contributed by atoms with Gasteiger partial charge in [-0.15, -0.1) is 11.3 Å². The monoisotopic (exact) mass is 548 g/mol. The number of imidazole rings is 1. The van der Waals surface area contributed by atoms with Crippen LogP contribution in [0.2, 0.25) is 0 Å². The largest absolute Gasteiger partial charge is 0.433 e. The Kier molecular flexibility index (Phi) is 8.46. The number of nitrogens with zero attached hydrogens (tertiary/aromatic N) is 2. The summed E-state index contributed by atoms with van der Waals surface area (Å²) in [6, 6.07) is 12.9. The first-order chi connectivity index (χ1) is 17.7. The Morgan fingerprint density at radius 3 is 2.43 bits per heavy atom. The molecule has 0 spiro atoms. The quantitative estimate of drug-likeness (QED) is 0.210. The molecule has 0 aliphatic carbocycles. The minimum Gasteiger partial charge on any atom is -0.337 e. The highest BCUT2D eigenvalue weighted by Gasteiger charge is 2.32. The molecule has 0 saturated carbocycles. The second kappa shape index (κ2) is 11.6. The lowest BCUT2D eigenvalue weighted by atomic mass is 10.1. The molecule has 11 heteroatoms. The van der Waals surface area contributed by atoms with Crippen LogP contribution in [-0.4, -0.2) is 29.9 Å². The van der Waals surface area contributed by atoms with Crippen LogP contribution in [0.1, 0.15) is 43.1 Å². The number of sulfonamides is 1. The Bertz CT molecular complexity index is 1400. The number of hydrogen-bond donors (Lipinski definition) is 2. The number of rotatable bonds is 11. The van der Waals surface area contributed by atoms with E-state index < -0.39 is 21.9 Å². The van der Waals surface area contributed by atoms with Crippen molar-refractivity contribution in [3.8, 4) is 22.0 Å². The number of nitrogens with one attached hydrogen (secondary N) is 2. The van der Waals surface area contributed by atoms with Crippen molar-refractivity contribution < 1.29 is 21.6 Å². The molecule has 6 nitrogen and oxygen atoms in total. The molecule has 0 atom stereocenters. The third kappa shape index (κ3) is 6.85. The van der Waals surface area contributed by atoms with Gasteiger partial charge in [0.15, 0.2) is 0 Å². The first kappa shape index (κ1) is 27.0. The molecular weight excluding hydrogens is 521 g/mol. The van der Waals surface area contributed by atoms with Gasteiger partial charge >= 0.3 is 6.18 Å². The smallest absolute Gasteiger partial charge is 0.337 e. The molecule has 0 aliphatic heterocycles. The van der Waals surface area contributed by atoms with Gasteiger partial charge in [-0.25, -0.2) is 18.1 Å². The Morgan fingerprint density at radius 2 is 1.81 bits per heavy atom. The van der Waals surface area contributed by atoms with Crippen molar-refractivity contribution in [2.75, 3.05) is 6.54 Å². The number of thiophene rings is 1. The Labute approximate surface area is 218 Å². The molecule has 37 heavy (non-hydrogen) atoms. The fraction of sp³-hybridized carbons (Fsp3) is 0.308. The third-order valence-electron chi connectivity index (χ3n) is 5.83. The lowest BCUT2D eigenvalue weighted by molar-refractivity contribution is -0.141. The summed E-state index contributed by atoms with van der Waals surface area (Å²) in [6.45, 7) is 2.20. The van der Waals surface area contributed by atoms with Crippen molar-refractivity contribution in [1.82, 2.24) is 19.7 Å². The van der Waals surface area contributed by atoms with Crippen LogP contribution < -0.4 is 4.72 Å². The van der Waals surface area contributed by atoms with Crippen LogP contribution in [0.5, 0.6) is 0 Å². The number of halogens is 3. The highest BCUT2D eigenvalue weighted by atomic mass is 32.2. The Balaban J connectivity index is 1.49. The maximum absolute atomic E-state index is 13.0. The van der Waals surface area contributed by atoms with Crippen LogP contribution in [0.4, 0.5) is 13.2 Å². The van der Waals surface area contributed by atoms with Crippen molar-refractivity contribution in [2.24, 2.45) is 0 Å². The number of aryl methyl sites for hydroxylation is 1. The fourth-order valence-corrected chi connectivity index (χ4v) is 5.57. The minimum absolute atomic E-state index is 0.0659. The van der Waals surface area contributed by atoms with Gasteiger partial charge in [0, 0.05) is 24.7 Å². The third-order valence-corrected chi connectivity index (χ3v) is 8.19. The van der Waals surface area contributed by atoms with Crippen LogP contribution in [0.15, 0.2) is 65.0 Å². The Hall–Kier alpha value is -3.02. The van der Waals surface area contributed by atoms with Crippen molar-refractivity contribution in [2.45, 2.75) is 50.1 Å². The number of aromatic nitrogens is 3. The topological polar surface area (TPSA) is 87.7 Å². The molecule has 0 radical (unpaired) electrons. The number of unbranched alkanes of at least 4 members (excludes halogenated alkanes) is 2. The summed E-state index contributed by atoms with van der Waals surface area (Å²) in [5.74, 6) is 0.557. The van der Waals surface area contributed by atoms with Gasteiger partial charge in [0.2, 0.25) is 10.0 Å². The van der Waals surface area contributed by atoms with Crippen molar-refractivity contribution in [1.29, 1.82) is 0 Å². The molecule has 2 N–H and O–H groups in total. The second-order valence-electron chi connectivity index (χ2n) is 8.56. The van der Waals surface area contributed by atoms with Crippen LogP contribution in [0, 0.1) is 0 Å². The zero-order valence-corrected chi connectivity index (χ0v) is 21.8. The predicted octanol–water partition coefficient (Wildman–Crippen LogP) is 6.47. The zero-order chi connectivity index (χ0) is 26.5. The van der Waals surface area contributed by atoms with Crippen molar-refractivity contribution >= 4 is 21.4 Å². The number of H-pyrrole nitrogens is 1. The summed E-state index contributed by atoms with van der Waals surface area (Å²) in [5.41, 5.74) is 1.57. The van der Waals surface area contributed by atoms with Gasteiger partial charge < -0.3 is 4.98 Å². The number of hydrogen-bond acceptors (Lipinski definition) is 5. The van der Waals surface area contributed by atoms with Gasteiger partial charge in [-0.05, 0) is 54.1 Å². The molecule has 0 bridgehead atoms. The standard InChI is InChI=1S/C26H27F3N4O2S2/c1-2-3-4-6-18-8-11-20(12-9-18)37(34,35)31-15-14-21-24(33-25(32-21)22-7-5-16-36-22)19-10-13-23(30-17-19)26(27,28)29/h5,7-13,16-17,31H,2-4,6,14-15H2,1H3,(H,32,33). The molecular formula is C26H27F3N4O2S2. The number of pyridine rings is 1. The van der Waals surface area contributed by atoms with E-state index >= 15 is 0 Å². The van der Waals surface area contributed by atoms with Gasteiger partial charge in [-0.1, -0.05) is 38.0 Å². The predicted molar refractivity (Wildman–Crippen MR) is 139 cm³/mol. The van der Waals surface area contributed by atoms with Crippen LogP contribution in [0.25, 0.3) is 22.0 Å². The molecule has 4 rings (SSSR count). The van der Waals surface area contributed by atoms with Crippen LogP contribution in [-0.2, 0) is 29.0 Å². The molecule has 0 fully saturated rings. The molecule has 3 heterocycles. The van der Waals surface area contributed by atoms with Crippen LogP contribution in [0.3, 0.4) is 0 Å². The van der Waals surface area contributed by atoms with E-state index in [4.69, 9.17) is 0 Å². The molecule has 196 valence electrons. The van der Waals surface area contributed by atoms with Crippen molar-refractivity contribution in [3.63, 3.8) is 0 Å². The van der Waals surface area contributed by atoms with Crippen LogP contribution >= 0.6 is 11.3 Å². The van der Waals surface area contributed by atoms with E-state index in [1.165, 1.54) is 17.4 Å². The van der Waals surface area contributed by atoms with Gasteiger partial charge in [-0.2, -0.15) is 13.2 Å². The van der Waals surface area contributed by atoms with E-state index in [2.05, 4.69) is 26.6 Å². The first-order valence-corrected chi connectivity index (χ1v) is 14.3. The number of aromatic amines is 1. The van der Waals surface area contributed by atoms with Gasteiger partial charge in [-0.3, -0.25) is 4.98 Å². The normalized spacial score (nSPS) is 12.2. The van der Waals surface area contributed by atoms with E-state index in [0.717, 1.165) is 48.4 Å². The summed E-state index contributed by atoms with van der Waals surface area (Å²) in [7, 11) is -3.73. The second-order valence-corrected chi connectivity index (χ2v) is 11.3. The summed E-state index contributed by atoms with van der Waals surface area (Å²) in [5, 5.41) is 1.89. The van der Waals surface area contributed by atoms with Gasteiger partial charge in [0.25, 0.3) is 0 Å². The van der Waals surface area contributed by atoms with E-state index in [-0.39, 0.29) is 17.9 Å². The number of benzene rings is 1. The van der Waals surface area contributed by atoms with Gasteiger partial charge in [0.1, 0.15) is 11.5 Å². The summed E-state index contributed by atoms with van der Waals surface area (Å²) < 4.78 is 67.1. The van der Waals surface area contributed by atoms with Crippen molar-refractivity contribution in [3.05, 3.63) is 77.1 Å². The number of alkyl halides is 3. The molecule has 1 aromatic carbocycles. The summed E-state index contributed by atoms with van der Waals surface area (Å²) in [6.07, 6.45) is 1.07. The lowest BCUT2D eigenvalue weighted by Crippen LogP contribution is -2.26. The van der Waals surface area contributed by atoms with E-state index in [0.29, 0.717) is 22.8 Å². The average Bonchev–Trinajstić information content (AvgIpc) is 3.54. The average molecular weight is 549 g/mol. The summed E-state index contributed by atoms with van der Waals surface area (Å²) >= 11 is 1.46. The SMILES string of the molecule is CCCCCc1ccc(S(=O)(=O)NCCc2nc(-c3cccs3)[nH]c2-c2ccc(C(F)(F)F)nc2)cc1. The van der Waals surface area contributed by atoms with E-state index in [1.807, 2.05) is 29.6 Å². The molecule has 0 saturated heterocycles. The minimum atomic E-state index is -4.54. The lowest BCUT2D eigenvalue weighted by Gasteiger charge is -2.09. The first-order valence-electron chi connectivity index (χ1n) is 11.9. The Morgan fingerprint density at radius 1 is 1.03 bits per heavy atom. The zero-order valence-electron chi connectivity index (χ0n) is 20.2. The molecule has 0 unspecified atom stereocenters. The highest BCUT2D eigenvalue weighted by molar-refractivity contribution is 7.89. The molecule has 3 aromatic heterocycles. The molecule has 0 aliphatic rings. The maximum Gasteiger partial charge on any atom is 0.433 e.